The van der Waals surface area contributed by atoms with Crippen molar-refractivity contribution in [2.45, 2.75) is 26.2 Å². The lowest BCUT2D eigenvalue weighted by molar-refractivity contribution is 0.453. The summed E-state index contributed by atoms with van der Waals surface area (Å²) in [6.07, 6.45) is 0. The minimum absolute atomic E-state index is 0.0517. The van der Waals surface area contributed by atoms with E-state index < -0.39 is 0 Å². The molecule has 0 radical (unpaired) electrons. The summed E-state index contributed by atoms with van der Waals surface area (Å²) in [5.41, 5.74) is 0.944. The summed E-state index contributed by atoms with van der Waals surface area (Å²) in [4.78, 5) is 0. The van der Waals surface area contributed by atoms with E-state index >= 15 is 0 Å². The highest BCUT2D eigenvalue weighted by atomic mass is 16.3. The van der Waals surface area contributed by atoms with E-state index in [2.05, 4.69) is 51.1 Å². The fraction of sp³-hybridized carbons (Fsp3) is 0.222. The fourth-order valence-corrected chi connectivity index (χ4v) is 2.60. The van der Waals surface area contributed by atoms with E-state index in [1.54, 1.807) is 0 Å². The first-order valence-corrected chi connectivity index (χ1v) is 6.62. The van der Waals surface area contributed by atoms with Crippen molar-refractivity contribution < 1.29 is 5.11 Å². The highest BCUT2D eigenvalue weighted by Crippen LogP contribution is 2.37. The number of fused-ring (bicyclic) bond motifs is 2. The van der Waals surface area contributed by atoms with Crippen LogP contribution in [0.4, 0.5) is 0 Å². The van der Waals surface area contributed by atoms with Gasteiger partial charge in [0.1, 0.15) is 5.75 Å². The van der Waals surface area contributed by atoms with Crippen molar-refractivity contribution in [3.63, 3.8) is 0 Å². The van der Waals surface area contributed by atoms with Gasteiger partial charge in [0.15, 0.2) is 0 Å². The quantitative estimate of drug-likeness (QED) is 0.557. The Bertz CT molecular complexity index is 764. The first-order valence-electron chi connectivity index (χ1n) is 6.62. The van der Waals surface area contributed by atoms with Gasteiger partial charge in [0.05, 0.1) is 0 Å². The highest BCUT2D eigenvalue weighted by molar-refractivity contribution is 6.01. The minimum Gasteiger partial charge on any atom is -0.507 e. The predicted molar refractivity (Wildman–Crippen MR) is 81.8 cm³/mol. The maximum Gasteiger partial charge on any atom is 0.127 e. The molecule has 0 aliphatic carbocycles. The topological polar surface area (TPSA) is 20.2 Å². The van der Waals surface area contributed by atoms with Crippen molar-refractivity contribution in [3.8, 4) is 5.75 Å². The molecule has 0 saturated heterocycles. The Morgan fingerprint density at radius 2 is 1.42 bits per heavy atom. The second-order valence-electron chi connectivity index (χ2n) is 6.13. The van der Waals surface area contributed by atoms with Gasteiger partial charge in [0, 0.05) is 5.39 Å². The van der Waals surface area contributed by atoms with Crippen molar-refractivity contribution in [2.75, 3.05) is 0 Å². The normalized spacial score (nSPS) is 12.2. The van der Waals surface area contributed by atoms with Crippen LogP contribution < -0.4 is 0 Å². The molecular weight excluding hydrogens is 232 g/mol. The van der Waals surface area contributed by atoms with Gasteiger partial charge in [-0.05, 0) is 39.3 Å². The predicted octanol–water partition coefficient (Wildman–Crippen LogP) is 5.00. The standard InChI is InChI=1S/C18H18O/c1-18(2,3)16-9-8-14-10-12-6-4-5-7-13(12)11-15(14)17(16)19/h4-11,19H,1-3H3. The fourth-order valence-electron chi connectivity index (χ4n) is 2.60. The van der Waals surface area contributed by atoms with Gasteiger partial charge in [-0.25, -0.2) is 0 Å². The van der Waals surface area contributed by atoms with Gasteiger partial charge >= 0.3 is 0 Å². The number of phenols is 1. The summed E-state index contributed by atoms with van der Waals surface area (Å²) >= 11 is 0. The summed E-state index contributed by atoms with van der Waals surface area (Å²) in [5.74, 6) is 0.413. The molecule has 0 fully saturated rings. The average Bonchev–Trinajstić information content (AvgIpc) is 2.36. The molecule has 19 heavy (non-hydrogen) atoms. The van der Waals surface area contributed by atoms with Gasteiger partial charge in [-0.1, -0.05) is 57.2 Å². The van der Waals surface area contributed by atoms with E-state index in [4.69, 9.17) is 0 Å². The van der Waals surface area contributed by atoms with Gasteiger partial charge in [-0.2, -0.15) is 0 Å². The van der Waals surface area contributed by atoms with E-state index in [-0.39, 0.29) is 5.41 Å². The molecule has 0 aliphatic heterocycles. The Morgan fingerprint density at radius 1 is 0.789 bits per heavy atom. The summed E-state index contributed by atoms with van der Waals surface area (Å²) in [5, 5.41) is 14.9. The zero-order chi connectivity index (χ0) is 13.6. The van der Waals surface area contributed by atoms with E-state index in [0.29, 0.717) is 5.75 Å². The van der Waals surface area contributed by atoms with Crippen LogP contribution in [0, 0.1) is 0 Å². The first-order chi connectivity index (χ1) is 8.97. The second kappa shape index (κ2) is 3.99. The summed E-state index contributed by atoms with van der Waals surface area (Å²) in [6, 6.07) is 16.6. The molecule has 0 spiro atoms. The molecule has 1 heteroatoms. The highest BCUT2D eigenvalue weighted by Gasteiger charge is 2.19. The van der Waals surface area contributed by atoms with Crippen LogP contribution in [0.5, 0.6) is 5.75 Å². The molecule has 0 atom stereocenters. The Kier molecular flexibility index (Phi) is 2.53. The zero-order valence-electron chi connectivity index (χ0n) is 11.6. The monoisotopic (exact) mass is 250 g/mol. The lowest BCUT2D eigenvalue weighted by atomic mass is 9.84. The third-order valence-electron chi connectivity index (χ3n) is 3.67. The molecule has 0 unspecified atom stereocenters. The molecule has 3 rings (SSSR count). The number of hydrogen-bond acceptors (Lipinski definition) is 1. The molecule has 0 aromatic heterocycles. The average molecular weight is 250 g/mol. The molecule has 3 aromatic carbocycles. The number of aromatic hydroxyl groups is 1. The van der Waals surface area contributed by atoms with Crippen LogP contribution in [-0.4, -0.2) is 5.11 Å². The van der Waals surface area contributed by atoms with Crippen LogP contribution in [0.3, 0.4) is 0 Å². The van der Waals surface area contributed by atoms with E-state index in [1.807, 2.05) is 18.2 Å². The molecular formula is C18H18O. The van der Waals surface area contributed by atoms with Crippen molar-refractivity contribution in [1.82, 2.24) is 0 Å². The summed E-state index contributed by atoms with van der Waals surface area (Å²) < 4.78 is 0. The van der Waals surface area contributed by atoms with Crippen LogP contribution in [0.2, 0.25) is 0 Å². The maximum atomic E-state index is 10.5. The smallest absolute Gasteiger partial charge is 0.127 e. The minimum atomic E-state index is -0.0517. The van der Waals surface area contributed by atoms with Crippen LogP contribution in [0.1, 0.15) is 26.3 Å². The summed E-state index contributed by atoms with van der Waals surface area (Å²) in [7, 11) is 0. The maximum absolute atomic E-state index is 10.5. The number of phenolic OH excluding ortho intramolecular Hbond substituents is 1. The van der Waals surface area contributed by atoms with Crippen molar-refractivity contribution in [3.05, 3.63) is 54.1 Å². The number of rotatable bonds is 0. The molecule has 1 N–H and O–H groups in total. The van der Waals surface area contributed by atoms with Crippen molar-refractivity contribution in [1.29, 1.82) is 0 Å². The van der Waals surface area contributed by atoms with Gasteiger partial charge < -0.3 is 5.11 Å². The second-order valence-corrected chi connectivity index (χ2v) is 6.13. The SMILES string of the molecule is CC(C)(C)c1ccc2cc3ccccc3cc2c1O. The van der Waals surface area contributed by atoms with Crippen LogP contribution >= 0.6 is 0 Å². The number of hydrogen-bond donors (Lipinski definition) is 1. The molecule has 96 valence electrons. The Morgan fingerprint density at radius 3 is 2.05 bits per heavy atom. The van der Waals surface area contributed by atoms with E-state index in [1.165, 1.54) is 5.39 Å². The van der Waals surface area contributed by atoms with E-state index in [0.717, 1.165) is 21.7 Å². The van der Waals surface area contributed by atoms with Crippen molar-refractivity contribution >= 4 is 21.5 Å². The van der Waals surface area contributed by atoms with E-state index in [9.17, 15) is 5.11 Å². The number of benzene rings is 3. The van der Waals surface area contributed by atoms with Crippen LogP contribution in [-0.2, 0) is 5.41 Å². The first kappa shape index (κ1) is 12.0. The third-order valence-corrected chi connectivity index (χ3v) is 3.67. The van der Waals surface area contributed by atoms with Crippen LogP contribution in [0.15, 0.2) is 48.5 Å². The molecule has 0 aliphatic rings. The molecule has 0 amide bonds. The Balaban J connectivity index is 2.39. The van der Waals surface area contributed by atoms with Gasteiger partial charge in [-0.15, -0.1) is 0 Å². The summed E-state index contributed by atoms with van der Waals surface area (Å²) in [6.45, 7) is 6.36. The molecule has 0 bridgehead atoms. The van der Waals surface area contributed by atoms with Gasteiger partial charge in [-0.3, -0.25) is 0 Å². The Labute approximate surface area is 113 Å². The molecule has 0 saturated carbocycles. The molecule has 0 heterocycles. The largest absolute Gasteiger partial charge is 0.507 e. The zero-order valence-corrected chi connectivity index (χ0v) is 11.6. The van der Waals surface area contributed by atoms with Gasteiger partial charge in [0.25, 0.3) is 0 Å². The third kappa shape index (κ3) is 1.95. The molecule has 3 aromatic rings. The molecule has 1 nitrogen and oxygen atoms in total. The van der Waals surface area contributed by atoms with Gasteiger partial charge in [0.2, 0.25) is 0 Å². The van der Waals surface area contributed by atoms with Crippen molar-refractivity contribution in [2.24, 2.45) is 0 Å². The lowest BCUT2D eigenvalue weighted by Gasteiger charge is -2.21. The Hall–Kier alpha value is -2.02. The lowest BCUT2D eigenvalue weighted by Crippen LogP contribution is -2.11. The van der Waals surface area contributed by atoms with Crippen LogP contribution in [0.25, 0.3) is 21.5 Å².